The molecule has 1 aliphatic heterocycles. The Labute approximate surface area is 144 Å². The number of amides is 1. The van der Waals surface area contributed by atoms with Crippen molar-refractivity contribution in [3.63, 3.8) is 0 Å². The van der Waals surface area contributed by atoms with Gasteiger partial charge in [0.2, 0.25) is 5.78 Å². The highest BCUT2D eigenvalue weighted by Crippen LogP contribution is 2.31. The molecular weight excluding hydrogens is 328 g/mol. The molecule has 0 aromatic carbocycles. The summed E-state index contributed by atoms with van der Waals surface area (Å²) in [5.41, 5.74) is 0.378. The SMILES string of the molecule is O=C(c1cn2cc(Cl)cnc2n1)N1CCCCCC1c1ccco1. The van der Waals surface area contributed by atoms with Crippen LogP contribution in [0.2, 0.25) is 5.02 Å². The van der Waals surface area contributed by atoms with Crippen molar-refractivity contribution in [2.24, 2.45) is 0 Å². The first-order valence-corrected chi connectivity index (χ1v) is 8.45. The zero-order chi connectivity index (χ0) is 16.5. The second kappa shape index (κ2) is 6.28. The van der Waals surface area contributed by atoms with E-state index in [1.165, 1.54) is 6.20 Å². The molecule has 0 radical (unpaired) electrons. The van der Waals surface area contributed by atoms with E-state index >= 15 is 0 Å². The largest absolute Gasteiger partial charge is 0.467 e. The van der Waals surface area contributed by atoms with Gasteiger partial charge in [0.1, 0.15) is 11.5 Å². The van der Waals surface area contributed by atoms with Gasteiger partial charge in [-0.25, -0.2) is 9.97 Å². The highest BCUT2D eigenvalue weighted by Gasteiger charge is 2.30. The Kier molecular flexibility index (Phi) is 3.98. The second-order valence-electron chi connectivity index (χ2n) is 5.98. The van der Waals surface area contributed by atoms with Gasteiger partial charge in [-0.05, 0) is 25.0 Å². The number of halogens is 1. The molecule has 24 heavy (non-hydrogen) atoms. The third-order valence-corrected chi connectivity index (χ3v) is 4.58. The molecule has 1 saturated heterocycles. The van der Waals surface area contributed by atoms with Crippen LogP contribution in [0.1, 0.15) is 48.0 Å². The zero-order valence-corrected chi connectivity index (χ0v) is 13.8. The minimum absolute atomic E-state index is 0.0450. The van der Waals surface area contributed by atoms with Gasteiger partial charge in [-0.2, -0.15) is 0 Å². The quantitative estimate of drug-likeness (QED) is 0.710. The number of carbonyl (C=O) groups excluding carboxylic acids is 1. The standard InChI is InChI=1S/C17H17ClN4O2/c18-12-9-19-17-20-13(11-21(17)10-12)16(23)22-7-3-1-2-5-14(22)15-6-4-8-24-15/h4,6,8-11,14H,1-3,5,7H2. The Morgan fingerprint density at radius 3 is 3.04 bits per heavy atom. The number of hydrogen-bond acceptors (Lipinski definition) is 4. The number of furan rings is 1. The molecule has 4 heterocycles. The van der Waals surface area contributed by atoms with E-state index in [0.29, 0.717) is 23.0 Å². The minimum atomic E-state index is -0.0973. The van der Waals surface area contributed by atoms with E-state index in [4.69, 9.17) is 16.0 Å². The van der Waals surface area contributed by atoms with Crippen molar-refractivity contribution in [1.82, 2.24) is 19.3 Å². The number of rotatable bonds is 2. The molecule has 0 bridgehead atoms. The number of fused-ring (bicyclic) bond motifs is 1. The lowest BCUT2D eigenvalue weighted by molar-refractivity contribution is 0.0653. The third-order valence-electron chi connectivity index (χ3n) is 4.38. The zero-order valence-electron chi connectivity index (χ0n) is 13.1. The molecule has 0 spiro atoms. The van der Waals surface area contributed by atoms with E-state index in [0.717, 1.165) is 31.4 Å². The van der Waals surface area contributed by atoms with Crippen molar-refractivity contribution in [2.45, 2.75) is 31.7 Å². The number of likely N-dealkylation sites (tertiary alicyclic amines) is 1. The lowest BCUT2D eigenvalue weighted by Crippen LogP contribution is -2.34. The Balaban J connectivity index is 1.69. The lowest BCUT2D eigenvalue weighted by Gasteiger charge is -2.27. The van der Waals surface area contributed by atoms with Gasteiger partial charge in [-0.15, -0.1) is 0 Å². The summed E-state index contributed by atoms with van der Waals surface area (Å²) < 4.78 is 7.25. The van der Waals surface area contributed by atoms with E-state index in [1.807, 2.05) is 17.0 Å². The average Bonchev–Trinajstić information content (AvgIpc) is 3.18. The molecule has 6 nitrogen and oxygen atoms in total. The number of aromatic nitrogens is 3. The molecule has 7 heteroatoms. The van der Waals surface area contributed by atoms with E-state index in [1.54, 1.807) is 23.1 Å². The Hall–Kier alpha value is -2.34. The first-order chi connectivity index (χ1) is 11.7. The van der Waals surface area contributed by atoms with Gasteiger partial charge < -0.3 is 9.32 Å². The van der Waals surface area contributed by atoms with Crippen LogP contribution in [0, 0.1) is 0 Å². The summed E-state index contributed by atoms with van der Waals surface area (Å²) in [6.07, 6.45) is 10.6. The maximum absolute atomic E-state index is 13.1. The van der Waals surface area contributed by atoms with Gasteiger partial charge in [0.15, 0.2) is 0 Å². The average molecular weight is 345 g/mol. The fraction of sp³-hybridized carbons (Fsp3) is 0.353. The van der Waals surface area contributed by atoms with Gasteiger partial charge in [-0.1, -0.05) is 24.4 Å². The van der Waals surface area contributed by atoms with Crippen molar-refractivity contribution >= 4 is 23.3 Å². The predicted octanol–water partition coefficient (Wildman–Crippen LogP) is 3.73. The molecule has 0 N–H and O–H groups in total. The fourth-order valence-electron chi connectivity index (χ4n) is 3.24. The van der Waals surface area contributed by atoms with Crippen molar-refractivity contribution in [3.8, 4) is 0 Å². The topological polar surface area (TPSA) is 63.6 Å². The molecule has 1 atom stereocenters. The summed E-state index contributed by atoms with van der Waals surface area (Å²) in [5, 5.41) is 0.502. The Morgan fingerprint density at radius 2 is 2.21 bits per heavy atom. The van der Waals surface area contributed by atoms with Crippen molar-refractivity contribution in [2.75, 3.05) is 6.54 Å². The first-order valence-electron chi connectivity index (χ1n) is 8.07. The maximum Gasteiger partial charge on any atom is 0.274 e. The Morgan fingerprint density at radius 1 is 1.29 bits per heavy atom. The molecule has 1 fully saturated rings. The summed E-state index contributed by atoms with van der Waals surface area (Å²) in [5.74, 6) is 1.20. The highest BCUT2D eigenvalue weighted by atomic mass is 35.5. The van der Waals surface area contributed by atoms with Crippen LogP contribution >= 0.6 is 11.6 Å². The molecule has 1 unspecified atom stereocenters. The normalized spacial score (nSPS) is 18.7. The van der Waals surface area contributed by atoms with Crippen LogP contribution in [0.5, 0.6) is 0 Å². The summed E-state index contributed by atoms with van der Waals surface area (Å²) in [6.45, 7) is 0.701. The molecule has 0 saturated carbocycles. The van der Waals surface area contributed by atoms with E-state index in [-0.39, 0.29) is 11.9 Å². The smallest absolute Gasteiger partial charge is 0.274 e. The molecule has 3 aromatic rings. The van der Waals surface area contributed by atoms with Crippen LogP contribution in [0.25, 0.3) is 5.78 Å². The first kappa shape index (κ1) is 15.2. The van der Waals surface area contributed by atoms with Crippen LogP contribution in [0.15, 0.2) is 41.4 Å². The molecule has 1 amide bonds. The van der Waals surface area contributed by atoms with Gasteiger partial charge >= 0.3 is 0 Å². The van der Waals surface area contributed by atoms with Gasteiger partial charge in [0.25, 0.3) is 5.91 Å². The summed E-state index contributed by atoms with van der Waals surface area (Å²) >= 11 is 5.95. The van der Waals surface area contributed by atoms with Crippen LogP contribution < -0.4 is 0 Å². The Bertz CT molecular complexity index is 859. The van der Waals surface area contributed by atoms with E-state index in [9.17, 15) is 4.79 Å². The number of imidazole rings is 1. The number of carbonyl (C=O) groups is 1. The molecular formula is C17H17ClN4O2. The molecule has 4 rings (SSSR count). The number of nitrogens with zero attached hydrogens (tertiary/aromatic N) is 4. The highest BCUT2D eigenvalue weighted by molar-refractivity contribution is 6.30. The molecule has 124 valence electrons. The summed E-state index contributed by atoms with van der Waals surface area (Å²) in [7, 11) is 0. The van der Waals surface area contributed by atoms with Crippen molar-refractivity contribution in [3.05, 3.63) is 53.5 Å². The molecule has 0 aliphatic carbocycles. The van der Waals surface area contributed by atoms with Gasteiger partial charge in [0, 0.05) is 18.9 Å². The van der Waals surface area contributed by atoms with Crippen LogP contribution in [-0.2, 0) is 0 Å². The van der Waals surface area contributed by atoms with E-state index in [2.05, 4.69) is 9.97 Å². The minimum Gasteiger partial charge on any atom is -0.467 e. The monoisotopic (exact) mass is 344 g/mol. The van der Waals surface area contributed by atoms with Crippen LogP contribution in [0.3, 0.4) is 0 Å². The van der Waals surface area contributed by atoms with Gasteiger partial charge in [0.05, 0.1) is 23.5 Å². The van der Waals surface area contributed by atoms with Crippen molar-refractivity contribution < 1.29 is 9.21 Å². The van der Waals surface area contributed by atoms with Crippen molar-refractivity contribution in [1.29, 1.82) is 0 Å². The molecule has 1 aliphatic rings. The maximum atomic E-state index is 13.1. The lowest BCUT2D eigenvalue weighted by atomic mass is 10.1. The fourth-order valence-corrected chi connectivity index (χ4v) is 3.39. The number of hydrogen-bond donors (Lipinski definition) is 0. The second-order valence-corrected chi connectivity index (χ2v) is 6.42. The molecule has 3 aromatic heterocycles. The van der Waals surface area contributed by atoms with E-state index < -0.39 is 0 Å². The van der Waals surface area contributed by atoms with Crippen LogP contribution in [0.4, 0.5) is 0 Å². The summed E-state index contributed by atoms with van der Waals surface area (Å²) in [6, 6.07) is 3.75. The summed E-state index contributed by atoms with van der Waals surface area (Å²) in [4.78, 5) is 23.4. The third kappa shape index (κ3) is 2.78. The van der Waals surface area contributed by atoms with Crippen LogP contribution in [-0.4, -0.2) is 31.7 Å². The van der Waals surface area contributed by atoms with Gasteiger partial charge in [-0.3, -0.25) is 9.20 Å². The predicted molar refractivity (Wildman–Crippen MR) is 89.0 cm³/mol.